The van der Waals surface area contributed by atoms with Crippen molar-refractivity contribution in [1.82, 2.24) is 15.5 Å². The zero-order valence-corrected chi connectivity index (χ0v) is 19.7. The minimum absolute atomic E-state index is 0. The van der Waals surface area contributed by atoms with Crippen LogP contribution in [0.2, 0.25) is 0 Å². The predicted molar refractivity (Wildman–Crippen MR) is 131 cm³/mol. The molecule has 0 amide bonds. The van der Waals surface area contributed by atoms with Crippen LogP contribution in [-0.2, 0) is 0 Å². The van der Waals surface area contributed by atoms with Gasteiger partial charge in [-0.25, -0.2) is 0 Å². The van der Waals surface area contributed by atoms with Crippen molar-refractivity contribution in [3.8, 4) is 0 Å². The third-order valence-corrected chi connectivity index (χ3v) is 5.33. The fourth-order valence-corrected chi connectivity index (χ4v) is 3.79. The quantitative estimate of drug-likeness (QED) is 0.199. The molecule has 0 aromatic heterocycles. The van der Waals surface area contributed by atoms with Crippen LogP contribution in [-0.4, -0.2) is 62.7 Å². The molecular formula is C22H36IN5. The van der Waals surface area contributed by atoms with E-state index in [9.17, 15) is 0 Å². The second kappa shape index (κ2) is 12.3. The number of aryl methyl sites for hydroxylation is 1. The van der Waals surface area contributed by atoms with E-state index in [2.05, 4.69) is 70.7 Å². The Morgan fingerprint density at radius 3 is 2.57 bits per heavy atom. The largest absolute Gasteiger partial charge is 0.369 e. The van der Waals surface area contributed by atoms with E-state index in [0.717, 1.165) is 71.0 Å². The van der Waals surface area contributed by atoms with Crippen molar-refractivity contribution in [1.29, 1.82) is 0 Å². The molecule has 1 heterocycles. The summed E-state index contributed by atoms with van der Waals surface area (Å²) < 4.78 is 0. The van der Waals surface area contributed by atoms with E-state index in [-0.39, 0.29) is 24.0 Å². The van der Waals surface area contributed by atoms with Crippen LogP contribution < -0.4 is 15.5 Å². The van der Waals surface area contributed by atoms with Gasteiger partial charge in [0.2, 0.25) is 0 Å². The molecule has 5 nitrogen and oxygen atoms in total. The Balaban J connectivity index is 0.00000280. The number of guanidine groups is 1. The number of hydrogen-bond donors (Lipinski definition) is 2. The summed E-state index contributed by atoms with van der Waals surface area (Å²) in [6.45, 7) is 11.7. The van der Waals surface area contributed by atoms with E-state index in [0.29, 0.717) is 6.04 Å². The van der Waals surface area contributed by atoms with Gasteiger partial charge in [-0.3, -0.25) is 9.89 Å². The lowest BCUT2D eigenvalue weighted by molar-refractivity contribution is 0.256. The molecule has 156 valence electrons. The normalized spacial score (nSPS) is 18.2. The first kappa shape index (κ1) is 23.0. The molecule has 1 aromatic rings. The van der Waals surface area contributed by atoms with E-state index < -0.39 is 0 Å². The summed E-state index contributed by atoms with van der Waals surface area (Å²) in [6.07, 6.45) is 7.82. The fraction of sp³-hybridized carbons (Fsp3) is 0.591. The van der Waals surface area contributed by atoms with E-state index in [4.69, 9.17) is 4.99 Å². The second-order valence-corrected chi connectivity index (χ2v) is 7.57. The maximum absolute atomic E-state index is 4.76. The molecule has 2 aliphatic rings. The van der Waals surface area contributed by atoms with Gasteiger partial charge in [-0.05, 0) is 50.8 Å². The molecule has 0 bridgehead atoms. The number of nitrogens with zero attached hydrogens (tertiary/aromatic N) is 3. The maximum atomic E-state index is 4.76. The van der Waals surface area contributed by atoms with Gasteiger partial charge in [-0.15, -0.1) is 24.0 Å². The summed E-state index contributed by atoms with van der Waals surface area (Å²) in [5.74, 6) is 0.968. The van der Waals surface area contributed by atoms with Crippen LogP contribution in [0.15, 0.2) is 41.4 Å². The SMILES string of the molecule is CCNC(=NCCCN1CCN(c2cccc(C)c2)CC1)NC1CC=CC1.I. The molecule has 28 heavy (non-hydrogen) atoms. The molecule has 1 aliphatic carbocycles. The van der Waals surface area contributed by atoms with E-state index in [1.807, 2.05) is 0 Å². The average Bonchev–Trinajstić information content (AvgIpc) is 3.19. The third-order valence-electron chi connectivity index (χ3n) is 5.33. The Labute approximate surface area is 187 Å². The predicted octanol–water partition coefficient (Wildman–Crippen LogP) is 3.40. The highest BCUT2D eigenvalue weighted by molar-refractivity contribution is 14.0. The molecule has 3 rings (SSSR count). The van der Waals surface area contributed by atoms with Crippen LogP contribution in [0, 0.1) is 6.92 Å². The molecule has 1 fully saturated rings. The Kier molecular flexibility index (Phi) is 10.1. The third kappa shape index (κ3) is 7.28. The molecule has 1 saturated heterocycles. The van der Waals surface area contributed by atoms with Gasteiger partial charge in [0, 0.05) is 57.5 Å². The Morgan fingerprint density at radius 1 is 1.14 bits per heavy atom. The van der Waals surface area contributed by atoms with Crippen molar-refractivity contribution in [2.45, 2.75) is 39.2 Å². The number of anilines is 1. The van der Waals surface area contributed by atoms with Gasteiger partial charge in [0.1, 0.15) is 0 Å². The van der Waals surface area contributed by atoms with Gasteiger partial charge in [0.05, 0.1) is 0 Å². The monoisotopic (exact) mass is 497 g/mol. The molecule has 0 saturated carbocycles. The first-order valence-electron chi connectivity index (χ1n) is 10.5. The number of rotatable bonds is 7. The van der Waals surface area contributed by atoms with Crippen molar-refractivity contribution in [2.75, 3.05) is 50.7 Å². The minimum Gasteiger partial charge on any atom is -0.369 e. The highest BCUT2D eigenvalue weighted by Crippen LogP contribution is 2.17. The highest BCUT2D eigenvalue weighted by atomic mass is 127. The number of halogens is 1. The van der Waals surface area contributed by atoms with E-state index >= 15 is 0 Å². The first-order valence-corrected chi connectivity index (χ1v) is 10.5. The first-order chi connectivity index (χ1) is 13.2. The van der Waals surface area contributed by atoms with Crippen molar-refractivity contribution in [3.63, 3.8) is 0 Å². The Morgan fingerprint density at radius 2 is 1.89 bits per heavy atom. The van der Waals surface area contributed by atoms with Crippen molar-refractivity contribution < 1.29 is 0 Å². The van der Waals surface area contributed by atoms with Crippen molar-refractivity contribution >= 4 is 35.6 Å². The summed E-state index contributed by atoms with van der Waals surface area (Å²) in [7, 11) is 0. The lowest BCUT2D eigenvalue weighted by Crippen LogP contribution is -2.46. The molecule has 2 N–H and O–H groups in total. The topological polar surface area (TPSA) is 42.9 Å². The molecule has 0 radical (unpaired) electrons. The number of piperazine rings is 1. The maximum Gasteiger partial charge on any atom is 0.191 e. The molecule has 1 aromatic carbocycles. The van der Waals surface area contributed by atoms with Gasteiger partial charge in [0.15, 0.2) is 5.96 Å². The van der Waals surface area contributed by atoms with Crippen LogP contribution in [0.25, 0.3) is 0 Å². The van der Waals surface area contributed by atoms with E-state index in [1.54, 1.807) is 0 Å². The summed E-state index contributed by atoms with van der Waals surface area (Å²) in [5, 5.41) is 6.91. The van der Waals surface area contributed by atoms with Gasteiger partial charge in [0.25, 0.3) is 0 Å². The standard InChI is InChI=1S/C22H35N5.HI/c1-3-23-22(25-20-9-4-5-10-20)24-12-7-13-26-14-16-27(17-15-26)21-11-6-8-19(2)18-21;/h4-6,8,11,18,20H,3,7,9-10,12-17H2,1-2H3,(H2,23,24,25);1H. The second-order valence-electron chi connectivity index (χ2n) is 7.57. The van der Waals surface area contributed by atoms with Crippen LogP contribution in [0.1, 0.15) is 31.7 Å². The lowest BCUT2D eigenvalue weighted by atomic mass is 10.2. The summed E-state index contributed by atoms with van der Waals surface area (Å²) in [4.78, 5) is 9.84. The van der Waals surface area contributed by atoms with Gasteiger partial charge in [-0.2, -0.15) is 0 Å². The van der Waals surface area contributed by atoms with Gasteiger partial charge < -0.3 is 15.5 Å². The number of nitrogens with one attached hydrogen (secondary N) is 2. The molecule has 0 unspecified atom stereocenters. The molecule has 0 atom stereocenters. The number of aliphatic imine (C=N–C) groups is 1. The molecule has 1 aliphatic heterocycles. The zero-order valence-electron chi connectivity index (χ0n) is 17.4. The van der Waals surface area contributed by atoms with Gasteiger partial charge >= 0.3 is 0 Å². The Bertz CT molecular complexity index is 630. The highest BCUT2D eigenvalue weighted by Gasteiger charge is 2.17. The summed E-state index contributed by atoms with van der Waals surface area (Å²) in [6, 6.07) is 9.36. The van der Waals surface area contributed by atoms with Crippen LogP contribution in [0.4, 0.5) is 5.69 Å². The molecular weight excluding hydrogens is 461 g/mol. The zero-order chi connectivity index (χ0) is 18.9. The van der Waals surface area contributed by atoms with Crippen LogP contribution in [0.3, 0.4) is 0 Å². The van der Waals surface area contributed by atoms with Crippen molar-refractivity contribution in [3.05, 3.63) is 42.0 Å². The lowest BCUT2D eigenvalue weighted by Gasteiger charge is -2.36. The van der Waals surface area contributed by atoms with E-state index in [1.165, 1.54) is 11.3 Å². The van der Waals surface area contributed by atoms with Gasteiger partial charge in [-0.1, -0.05) is 24.3 Å². The van der Waals surface area contributed by atoms with Crippen LogP contribution in [0.5, 0.6) is 0 Å². The number of benzene rings is 1. The van der Waals surface area contributed by atoms with Crippen LogP contribution >= 0.6 is 24.0 Å². The Hall–Kier alpha value is -1.28. The minimum atomic E-state index is 0. The molecule has 0 spiro atoms. The summed E-state index contributed by atoms with van der Waals surface area (Å²) in [5.41, 5.74) is 2.70. The smallest absolute Gasteiger partial charge is 0.191 e. The number of hydrogen-bond acceptors (Lipinski definition) is 3. The van der Waals surface area contributed by atoms with Crippen molar-refractivity contribution in [2.24, 2.45) is 4.99 Å². The average molecular weight is 497 g/mol. The fourth-order valence-electron chi connectivity index (χ4n) is 3.79. The molecule has 6 heteroatoms. The summed E-state index contributed by atoms with van der Waals surface area (Å²) >= 11 is 0.